The van der Waals surface area contributed by atoms with Crippen molar-refractivity contribution < 1.29 is 14.3 Å². The van der Waals surface area contributed by atoms with Crippen LogP contribution in [0.15, 0.2) is 49.2 Å². The summed E-state index contributed by atoms with van der Waals surface area (Å²) >= 11 is 0. The number of aromatic hydroxyl groups is 1. The summed E-state index contributed by atoms with van der Waals surface area (Å²) in [5.74, 6) is 0.545. The van der Waals surface area contributed by atoms with Crippen molar-refractivity contribution in [3.05, 3.63) is 60.3 Å². The number of carbonyl (C=O) groups is 1. The summed E-state index contributed by atoms with van der Waals surface area (Å²) in [7, 11) is 0. The predicted molar refractivity (Wildman–Crippen MR) is 102 cm³/mol. The number of carbonyl (C=O) groups excluding carboxylic acids is 1. The fraction of sp³-hybridized carbons (Fsp3) is 0.211. The molecule has 1 aliphatic heterocycles. The number of halogens is 1. The molecule has 1 atom stereocenters. The first-order chi connectivity index (χ1) is 12.4. The lowest BCUT2D eigenvalue weighted by Crippen LogP contribution is -2.26. The number of nitrogens with one attached hydrogen (secondary N) is 1. The SMILES string of the molecule is C=CC(=O)N1CCC(F)C1.N/C(=C\c1cc[nH]c1N)c1ccccc1O. The number of amides is 1. The van der Waals surface area contributed by atoms with E-state index in [1.165, 1.54) is 11.0 Å². The number of aromatic amines is 1. The van der Waals surface area contributed by atoms with Crippen molar-refractivity contribution in [2.75, 3.05) is 18.8 Å². The lowest BCUT2D eigenvalue weighted by atomic mass is 10.1. The van der Waals surface area contributed by atoms with Crippen molar-refractivity contribution in [2.24, 2.45) is 5.73 Å². The molecule has 2 heterocycles. The summed E-state index contributed by atoms with van der Waals surface area (Å²) < 4.78 is 12.4. The van der Waals surface area contributed by atoms with E-state index in [-0.39, 0.29) is 18.2 Å². The summed E-state index contributed by atoms with van der Waals surface area (Å²) in [5, 5.41) is 9.62. The minimum Gasteiger partial charge on any atom is -0.507 e. The molecular formula is C19H23FN4O2. The van der Waals surface area contributed by atoms with E-state index >= 15 is 0 Å². The number of aromatic nitrogens is 1. The number of benzene rings is 1. The molecule has 1 aromatic carbocycles. The van der Waals surface area contributed by atoms with Crippen LogP contribution in [-0.4, -0.2) is 40.2 Å². The quantitative estimate of drug-likeness (QED) is 0.632. The lowest BCUT2D eigenvalue weighted by Gasteiger charge is -2.10. The number of nitrogen functional groups attached to an aromatic ring is 1. The second-order valence-electron chi connectivity index (χ2n) is 5.84. The van der Waals surface area contributed by atoms with Gasteiger partial charge in [-0.15, -0.1) is 0 Å². The largest absolute Gasteiger partial charge is 0.507 e. The van der Waals surface area contributed by atoms with Crippen molar-refractivity contribution in [2.45, 2.75) is 12.6 Å². The van der Waals surface area contributed by atoms with E-state index in [9.17, 15) is 14.3 Å². The molecule has 1 aliphatic rings. The normalized spacial score (nSPS) is 16.7. The molecule has 2 aromatic rings. The van der Waals surface area contributed by atoms with Crippen molar-refractivity contribution in [3.8, 4) is 5.75 Å². The third-order valence-corrected chi connectivity index (χ3v) is 3.96. The molecule has 1 amide bonds. The highest BCUT2D eigenvalue weighted by atomic mass is 19.1. The van der Waals surface area contributed by atoms with Gasteiger partial charge in [0.1, 0.15) is 17.7 Å². The third kappa shape index (κ3) is 4.89. The van der Waals surface area contributed by atoms with E-state index in [4.69, 9.17) is 11.5 Å². The summed E-state index contributed by atoms with van der Waals surface area (Å²) in [4.78, 5) is 15.1. The number of hydrogen-bond acceptors (Lipinski definition) is 4. The van der Waals surface area contributed by atoms with Gasteiger partial charge in [-0.3, -0.25) is 4.79 Å². The van der Waals surface area contributed by atoms with E-state index < -0.39 is 6.17 Å². The Balaban J connectivity index is 0.000000209. The van der Waals surface area contributed by atoms with Crippen molar-refractivity contribution in [3.63, 3.8) is 0 Å². The molecule has 7 heteroatoms. The zero-order valence-corrected chi connectivity index (χ0v) is 14.4. The Labute approximate surface area is 151 Å². The molecule has 0 radical (unpaired) electrons. The van der Waals surface area contributed by atoms with Gasteiger partial charge in [-0.25, -0.2) is 4.39 Å². The first-order valence-corrected chi connectivity index (χ1v) is 8.16. The molecule has 3 rings (SSSR count). The fourth-order valence-electron chi connectivity index (χ4n) is 2.53. The number of rotatable bonds is 3. The monoisotopic (exact) mass is 358 g/mol. The van der Waals surface area contributed by atoms with E-state index in [0.29, 0.717) is 30.0 Å². The van der Waals surface area contributed by atoms with Crippen LogP contribution >= 0.6 is 0 Å². The van der Waals surface area contributed by atoms with Gasteiger partial charge in [0.05, 0.1) is 6.54 Å². The van der Waals surface area contributed by atoms with Gasteiger partial charge in [0, 0.05) is 29.6 Å². The Morgan fingerprint density at radius 2 is 2.12 bits per heavy atom. The Kier molecular flexibility index (Phi) is 6.43. The highest BCUT2D eigenvalue weighted by molar-refractivity contribution is 5.87. The van der Waals surface area contributed by atoms with Crippen LogP contribution in [0.2, 0.25) is 0 Å². The molecule has 0 bridgehead atoms. The number of nitrogens with two attached hydrogens (primary N) is 2. The third-order valence-electron chi connectivity index (χ3n) is 3.96. The number of para-hydroxylation sites is 1. The number of hydrogen-bond donors (Lipinski definition) is 4. The minimum atomic E-state index is -0.830. The molecule has 1 aromatic heterocycles. The minimum absolute atomic E-state index is 0.158. The first kappa shape index (κ1) is 19.1. The van der Waals surface area contributed by atoms with Gasteiger partial charge in [0.15, 0.2) is 0 Å². The highest BCUT2D eigenvalue weighted by Crippen LogP contribution is 2.24. The Morgan fingerprint density at radius 1 is 1.38 bits per heavy atom. The summed E-state index contributed by atoms with van der Waals surface area (Å²) in [6, 6.07) is 8.73. The number of likely N-dealkylation sites (tertiary alicyclic amines) is 1. The van der Waals surface area contributed by atoms with Crippen LogP contribution in [0.25, 0.3) is 11.8 Å². The summed E-state index contributed by atoms with van der Waals surface area (Å²) in [6.07, 6.45) is 4.32. The van der Waals surface area contributed by atoms with Crippen molar-refractivity contribution >= 4 is 23.5 Å². The van der Waals surface area contributed by atoms with Gasteiger partial charge >= 0.3 is 0 Å². The van der Waals surface area contributed by atoms with E-state index in [0.717, 1.165) is 5.56 Å². The highest BCUT2D eigenvalue weighted by Gasteiger charge is 2.23. The van der Waals surface area contributed by atoms with Crippen LogP contribution in [0.4, 0.5) is 10.2 Å². The molecule has 0 saturated carbocycles. The van der Waals surface area contributed by atoms with Crippen LogP contribution in [0, 0.1) is 0 Å². The molecule has 1 unspecified atom stereocenters. The molecule has 0 spiro atoms. The second-order valence-corrected chi connectivity index (χ2v) is 5.84. The molecule has 0 aliphatic carbocycles. The summed E-state index contributed by atoms with van der Waals surface area (Å²) in [6.45, 7) is 4.09. The summed E-state index contributed by atoms with van der Waals surface area (Å²) in [5.41, 5.74) is 13.5. The fourth-order valence-corrected chi connectivity index (χ4v) is 2.53. The molecule has 1 saturated heterocycles. The number of alkyl halides is 1. The molecule has 26 heavy (non-hydrogen) atoms. The van der Waals surface area contributed by atoms with Crippen LogP contribution in [0.5, 0.6) is 5.75 Å². The Morgan fingerprint density at radius 3 is 2.65 bits per heavy atom. The number of nitrogens with zero attached hydrogens (tertiary/aromatic N) is 1. The van der Waals surface area contributed by atoms with E-state index in [2.05, 4.69) is 11.6 Å². The lowest BCUT2D eigenvalue weighted by molar-refractivity contribution is -0.125. The van der Waals surface area contributed by atoms with Crippen LogP contribution in [0.1, 0.15) is 17.5 Å². The van der Waals surface area contributed by atoms with Crippen LogP contribution in [0.3, 0.4) is 0 Å². The average molecular weight is 358 g/mol. The topological polar surface area (TPSA) is 108 Å². The number of anilines is 1. The molecule has 1 fully saturated rings. The Hall–Kier alpha value is -3.22. The molecule has 6 nitrogen and oxygen atoms in total. The smallest absolute Gasteiger partial charge is 0.246 e. The van der Waals surface area contributed by atoms with E-state index in [1.54, 1.807) is 30.5 Å². The van der Waals surface area contributed by atoms with Crippen LogP contribution in [-0.2, 0) is 4.79 Å². The molecule has 138 valence electrons. The van der Waals surface area contributed by atoms with Gasteiger partial charge in [-0.05, 0) is 36.8 Å². The van der Waals surface area contributed by atoms with Crippen molar-refractivity contribution in [1.29, 1.82) is 0 Å². The van der Waals surface area contributed by atoms with Gasteiger partial charge in [0.2, 0.25) is 5.91 Å². The Bertz CT molecular complexity index is 800. The zero-order valence-electron chi connectivity index (χ0n) is 14.4. The maximum absolute atomic E-state index is 12.4. The van der Waals surface area contributed by atoms with Gasteiger partial charge < -0.3 is 26.5 Å². The number of phenols is 1. The van der Waals surface area contributed by atoms with Crippen molar-refractivity contribution in [1.82, 2.24) is 9.88 Å². The van der Waals surface area contributed by atoms with Gasteiger partial charge in [-0.2, -0.15) is 0 Å². The van der Waals surface area contributed by atoms with Gasteiger partial charge in [0.25, 0.3) is 0 Å². The first-order valence-electron chi connectivity index (χ1n) is 8.16. The van der Waals surface area contributed by atoms with Gasteiger partial charge in [-0.1, -0.05) is 18.7 Å². The molecule has 6 N–H and O–H groups in total. The van der Waals surface area contributed by atoms with E-state index in [1.807, 2.05) is 12.1 Å². The maximum Gasteiger partial charge on any atom is 0.246 e. The number of H-pyrrole nitrogens is 1. The molecular weight excluding hydrogens is 335 g/mol. The van der Waals surface area contributed by atoms with Crippen LogP contribution < -0.4 is 11.5 Å². The second kappa shape index (κ2) is 8.75. The number of phenolic OH excluding ortho intramolecular Hbond substituents is 1. The standard InChI is InChI=1S/C12H13N3O.C7H10FNO/c13-10(7-8-5-6-15-12(8)14)9-3-1-2-4-11(9)16;1-2-7(10)9-4-3-6(8)5-9/h1-7,15-16H,13-14H2;2,6H,1,3-5H2/b10-7-;. The average Bonchev–Trinajstić information content (AvgIpc) is 3.24. The predicted octanol–water partition coefficient (Wildman–Crippen LogP) is 2.50. The zero-order chi connectivity index (χ0) is 19.1. The maximum atomic E-state index is 12.4.